The van der Waals surface area contributed by atoms with E-state index >= 15 is 0 Å². The van der Waals surface area contributed by atoms with Gasteiger partial charge in [-0.2, -0.15) is 0 Å². The van der Waals surface area contributed by atoms with Crippen LogP contribution >= 0.6 is 11.8 Å². The quantitative estimate of drug-likeness (QED) is 0.208. The lowest BCUT2D eigenvalue weighted by Gasteiger charge is -2.39. The summed E-state index contributed by atoms with van der Waals surface area (Å²) >= 11 is 1.68. The van der Waals surface area contributed by atoms with Gasteiger partial charge in [-0.1, -0.05) is 25.5 Å². The molecule has 2 bridgehead atoms. The van der Waals surface area contributed by atoms with Crippen LogP contribution in [0.4, 0.5) is 0 Å². The molecule has 35 heavy (non-hydrogen) atoms. The van der Waals surface area contributed by atoms with Crippen LogP contribution in [0.3, 0.4) is 0 Å². The number of nitrogens with zero attached hydrogens (tertiary/aromatic N) is 2. The van der Waals surface area contributed by atoms with Crippen molar-refractivity contribution < 1.29 is 24.2 Å². The van der Waals surface area contributed by atoms with Gasteiger partial charge in [0.2, 0.25) is 11.8 Å². The highest BCUT2D eigenvalue weighted by Crippen LogP contribution is 2.66. The van der Waals surface area contributed by atoms with E-state index < -0.39 is 22.6 Å². The predicted molar refractivity (Wildman–Crippen MR) is 139 cm³/mol. The number of carbonyl (C=O) groups is 3. The molecule has 3 fully saturated rings. The average Bonchev–Trinajstić information content (AvgIpc) is 3.47. The minimum Gasteiger partial charge on any atom is -0.465 e. The van der Waals surface area contributed by atoms with Crippen LogP contribution in [0.15, 0.2) is 25.3 Å². The lowest BCUT2D eigenvalue weighted by atomic mass is 9.71. The highest BCUT2D eigenvalue weighted by atomic mass is 32.2. The van der Waals surface area contributed by atoms with Crippen LogP contribution in [-0.2, 0) is 19.1 Å². The van der Waals surface area contributed by atoms with E-state index in [1.807, 2.05) is 4.90 Å². The molecule has 8 heteroatoms. The highest BCUT2D eigenvalue weighted by molar-refractivity contribution is 8.02. The summed E-state index contributed by atoms with van der Waals surface area (Å²) in [6.45, 7) is 13.0. The van der Waals surface area contributed by atoms with Crippen LogP contribution < -0.4 is 0 Å². The Hall–Kier alpha value is -1.80. The first kappa shape index (κ1) is 27.8. The van der Waals surface area contributed by atoms with Gasteiger partial charge in [-0.3, -0.25) is 14.4 Å². The van der Waals surface area contributed by atoms with E-state index in [-0.39, 0.29) is 42.3 Å². The molecule has 1 spiro atoms. The lowest BCUT2D eigenvalue weighted by Crippen LogP contribution is -2.56. The molecule has 2 amide bonds. The van der Waals surface area contributed by atoms with Crippen molar-refractivity contribution in [2.45, 2.75) is 87.3 Å². The van der Waals surface area contributed by atoms with Gasteiger partial charge >= 0.3 is 5.97 Å². The first-order chi connectivity index (χ1) is 16.9. The van der Waals surface area contributed by atoms with E-state index in [4.69, 9.17) is 4.74 Å². The van der Waals surface area contributed by atoms with Crippen molar-refractivity contribution >= 4 is 29.5 Å². The molecule has 1 N–H and O–H groups in total. The second-order valence-electron chi connectivity index (χ2n) is 10.0. The Bertz CT molecular complexity index is 804. The van der Waals surface area contributed by atoms with Gasteiger partial charge in [-0.15, -0.1) is 24.9 Å². The van der Waals surface area contributed by atoms with Crippen molar-refractivity contribution in [3.63, 3.8) is 0 Å². The summed E-state index contributed by atoms with van der Waals surface area (Å²) in [4.78, 5) is 44.9. The van der Waals surface area contributed by atoms with E-state index in [2.05, 4.69) is 27.0 Å². The summed E-state index contributed by atoms with van der Waals surface area (Å²) in [5.74, 6) is -1.47. The number of hydrogen-bond acceptors (Lipinski definition) is 6. The minimum atomic E-state index is -0.594. The third kappa shape index (κ3) is 5.33. The molecule has 6 atom stereocenters. The van der Waals surface area contributed by atoms with Crippen LogP contribution in [0, 0.1) is 11.8 Å². The fourth-order valence-corrected chi connectivity index (χ4v) is 8.41. The number of rotatable bonds is 15. The summed E-state index contributed by atoms with van der Waals surface area (Å²) in [5.41, 5.74) is 0. The molecule has 0 radical (unpaired) electrons. The number of carbonyl (C=O) groups excluding carboxylic acids is 3. The van der Waals surface area contributed by atoms with Gasteiger partial charge in [0, 0.05) is 31.0 Å². The summed E-state index contributed by atoms with van der Waals surface area (Å²) in [7, 11) is 0. The lowest BCUT2D eigenvalue weighted by molar-refractivity contribution is -0.154. The molecule has 3 aliphatic heterocycles. The first-order valence-electron chi connectivity index (χ1n) is 13.2. The SMILES string of the molecule is C=CCCOC(=O)[C@@H]1[C@@H]2CCC3(S2)C(C(=O)N(CC=C)C(C)CCC)N(CCCCCO)C(=O)[C@H]13. The molecule has 3 unspecified atom stereocenters. The molecule has 0 aromatic carbocycles. The first-order valence-corrected chi connectivity index (χ1v) is 14.0. The second kappa shape index (κ2) is 12.4. The smallest absolute Gasteiger partial charge is 0.310 e. The Balaban J connectivity index is 1.94. The van der Waals surface area contributed by atoms with Gasteiger partial charge in [0.25, 0.3) is 0 Å². The number of aliphatic hydroxyl groups excluding tert-OH is 1. The molecule has 3 aliphatic rings. The molecule has 0 aromatic rings. The minimum absolute atomic E-state index is 0.00735. The van der Waals surface area contributed by atoms with Crippen molar-refractivity contribution in [1.29, 1.82) is 0 Å². The van der Waals surface area contributed by atoms with E-state index in [0.29, 0.717) is 32.4 Å². The fourth-order valence-electron chi connectivity index (χ4n) is 6.21. The topological polar surface area (TPSA) is 87.2 Å². The van der Waals surface area contributed by atoms with Crippen molar-refractivity contribution in [2.24, 2.45) is 11.8 Å². The molecular weight excluding hydrogens is 464 g/mol. The maximum atomic E-state index is 14.2. The molecule has 0 aromatic heterocycles. The highest BCUT2D eigenvalue weighted by Gasteiger charge is 2.74. The summed E-state index contributed by atoms with van der Waals surface area (Å²) in [6, 6.07) is -0.551. The van der Waals surface area contributed by atoms with Crippen LogP contribution in [0.2, 0.25) is 0 Å². The average molecular weight is 507 g/mol. The third-order valence-corrected chi connectivity index (χ3v) is 9.73. The van der Waals surface area contributed by atoms with E-state index in [1.54, 1.807) is 28.8 Å². The van der Waals surface area contributed by atoms with Gasteiger partial charge in [0.15, 0.2) is 0 Å². The van der Waals surface area contributed by atoms with E-state index in [0.717, 1.165) is 32.1 Å². The Morgan fingerprint density at radius 2 is 2.09 bits per heavy atom. The van der Waals surface area contributed by atoms with Gasteiger partial charge in [0.05, 0.1) is 23.2 Å². The zero-order valence-corrected chi connectivity index (χ0v) is 22.1. The molecule has 0 aliphatic carbocycles. The predicted octanol–water partition coefficient (Wildman–Crippen LogP) is 3.56. The molecule has 7 nitrogen and oxygen atoms in total. The maximum Gasteiger partial charge on any atom is 0.310 e. The van der Waals surface area contributed by atoms with Crippen molar-refractivity contribution in [2.75, 3.05) is 26.3 Å². The van der Waals surface area contributed by atoms with Gasteiger partial charge in [-0.25, -0.2) is 0 Å². The van der Waals surface area contributed by atoms with E-state index in [9.17, 15) is 19.5 Å². The number of fused-ring (bicyclic) bond motifs is 1. The fraction of sp³-hybridized carbons (Fsp3) is 0.741. The number of amides is 2. The monoisotopic (exact) mass is 506 g/mol. The Kier molecular flexibility index (Phi) is 9.87. The molecule has 3 saturated heterocycles. The third-order valence-electron chi connectivity index (χ3n) is 7.78. The zero-order valence-electron chi connectivity index (χ0n) is 21.3. The van der Waals surface area contributed by atoms with Crippen LogP contribution in [0.1, 0.15) is 65.2 Å². The van der Waals surface area contributed by atoms with E-state index in [1.165, 1.54) is 0 Å². The van der Waals surface area contributed by atoms with Crippen LogP contribution in [0.25, 0.3) is 0 Å². The zero-order chi connectivity index (χ0) is 25.6. The number of esters is 1. The van der Waals surface area contributed by atoms with Gasteiger partial charge in [-0.05, 0) is 51.9 Å². The maximum absolute atomic E-state index is 14.2. The number of unbranched alkanes of at least 4 members (excludes halogenated alkanes) is 2. The molecular formula is C27H42N2O5S. The molecule has 196 valence electrons. The standard InChI is InChI=1S/C27H42N2O5S/c1-5-8-18-34-26(33)21-20-13-14-27(35-20)22(21)24(31)29(16-10-9-11-17-30)23(27)25(32)28(15-7-3)19(4)12-6-2/h5,7,19-23,30H,1,3,6,8-18H2,2,4H3/t19?,20-,21+,22-,23?,27?/m0/s1. The number of aliphatic hydroxyl groups is 1. The Morgan fingerprint density at radius 3 is 2.74 bits per heavy atom. The van der Waals surface area contributed by atoms with Crippen molar-refractivity contribution in [3.05, 3.63) is 25.3 Å². The Labute approximate surface area is 214 Å². The number of likely N-dealkylation sites (tertiary alicyclic amines) is 1. The number of hydrogen-bond donors (Lipinski definition) is 1. The van der Waals surface area contributed by atoms with Crippen LogP contribution in [0.5, 0.6) is 0 Å². The number of thioether (sulfide) groups is 1. The normalized spacial score (nSPS) is 29.7. The van der Waals surface area contributed by atoms with Crippen LogP contribution in [-0.4, -0.2) is 81.1 Å². The molecule has 3 heterocycles. The summed E-state index contributed by atoms with van der Waals surface area (Å²) < 4.78 is 4.95. The van der Waals surface area contributed by atoms with Crippen molar-refractivity contribution in [3.8, 4) is 0 Å². The van der Waals surface area contributed by atoms with Gasteiger partial charge in [0.1, 0.15) is 6.04 Å². The summed E-state index contributed by atoms with van der Waals surface area (Å²) in [6.07, 6.45) is 9.59. The Morgan fingerprint density at radius 1 is 1.31 bits per heavy atom. The summed E-state index contributed by atoms with van der Waals surface area (Å²) in [5, 5.41) is 9.19. The van der Waals surface area contributed by atoms with Crippen molar-refractivity contribution in [1.82, 2.24) is 9.80 Å². The largest absolute Gasteiger partial charge is 0.465 e. The molecule has 0 saturated carbocycles. The number of ether oxygens (including phenoxy) is 1. The second-order valence-corrected chi connectivity index (χ2v) is 11.6. The van der Waals surface area contributed by atoms with Gasteiger partial charge < -0.3 is 19.6 Å². The molecule has 3 rings (SSSR count).